The highest BCUT2D eigenvalue weighted by atomic mass is 32.1. The summed E-state index contributed by atoms with van der Waals surface area (Å²) in [6.07, 6.45) is 8.37. The second-order valence-corrected chi connectivity index (χ2v) is 8.78. The second-order valence-electron chi connectivity index (χ2n) is 8.37. The Kier molecular flexibility index (Phi) is 12.7. The summed E-state index contributed by atoms with van der Waals surface area (Å²) < 4.78 is 0. The van der Waals surface area contributed by atoms with Crippen molar-refractivity contribution in [3.63, 3.8) is 0 Å². The molecule has 0 radical (unpaired) electrons. The van der Waals surface area contributed by atoms with Gasteiger partial charge in [0, 0.05) is 26.3 Å². The van der Waals surface area contributed by atoms with Crippen LogP contribution in [0.1, 0.15) is 79.1 Å². The molecule has 0 fully saturated rings. The van der Waals surface area contributed by atoms with Crippen molar-refractivity contribution in [2.45, 2.75) is 79.1 Å². The smallest absolute Gasteiger partial charge is 0.166 e. The van der Waals surface area contributed by atoms with E-state index in [1.54, 1.807) is 0 Å². The monoisotopic (exact) mass is 360 g/mol. The maximum atomic E-state index is 8.92. The van der Waals surface area contributed by atoms with Gasteiger partial charge in [0.1, 0.15) is 0 Å². The fourth-order valence-electron chi connectivity index (χ4n) is 2.97. The molecule has 0 bridgehead atoms. The van der Waals surface area contributed by atoms with Crippen molar-refractivity contribution < 1.29 is 10.2 Å². The lowest BCUT2D eigenvalue weighted by atomic mass is 9.83. The first-order chi connectivity index (χ1) is 11.2. The van der Waals surface area contributed by atoms with E-state index in [0.29, 0.717) is 10.8 Å². The largest absolute Gasteiger partial charge is 0.396 e. The van der Waals surface area contributed by atoms with Crippen molar-refractivity contribution in [1.82, 2.24) is 10.6 Å². The van der Waals surface area contributed by atoms with Gasteiger partial charge in [-0.15, -0.1) is 0 Å². The van der Waals surface area contributed by atoms with Crippen LogP contribution in [0, 0.1) is 10.8 Å². The molecule has 0 aromatic carbocycles. The fourth-order valence-corrected chi connectivity index (χ4v) is 3.17. The maximum absolute atomic E-state index is 8.92. The molecule has 0 rings (SSSR count). The number of thiocarbonyl (C=S) groups is 1. The van der Waals surface area contributed by atoms with E-state index in [1.807, 2.05) is 0 Å². The minimum absolute atomic E-state index is 0.284. The van der Waals surface area contributed by atoms with Gasteiger partial charge in [-0.05, 0) is 74.4 Å². The van der Waals surface area contributed by atoms with Gasteiger partial charge in [0.15, 0.2) is 5.11 Å². The molecule has 0 amide bonds. The first kappa shape index (κ1) is 23.6. The van der Waals surface area contributed by atoms with Crippen LogP contribution in [0.4, 0.5) is 0 Å². The van der Waals surface area contributed by atoms with E-state index in [1.165, 1.54) is 0 Å². The molecular weight excluding hydrogens is 320 g/mol. The molecule has 0 aliphatic rings. The van der Waals surface area contributed by atoms with Crippen LogP contribution in [0.2, 0.25) is 0 Å². The third-order valence-electron chi connectivity index (χ3n) is 4.66. The Morgan fingerprint density at radius 2 is 1.04 bits per heavy atom. The highest BCUT2D eigenvalue weighted by Crippen LogP contribution is 2.28. The Balaban J connectivity index is 3.66. The van der Waals surface area contributed by atoms with Crippen LogP contribution in [-0.2, 0) is 0 Å². The summed E-state index contributed by atoms with van der Waals surface area (Å²) in [6, 6.07) is 0. The standard InChI is InChI=1S/C19H40N2O2S/c1-18(2,11-7-15-22)9-5-13-20-17(24)21-14-6-10-19(3,4)12-8-16-23/h22-23H,5-16H2,1-4H3,(H2,20,21,24). The molecule has 0 unspecified atom stereocenters. The molecule has 0 saturated heterocycles. The molecule has 144 valence electrons. The summed E-state index contributed by atoms with van der Waals surface area (Å²) in [6.45, 7) is 11.4. The number of hydrogen-bond acceptors (Lipinski definition) is 3. The molecule has 4 nitrogen and oxygen atoms in total. The molecule has 0 aromatic rings. The van der Waals surface area contributed by atoms with Crippen LogP contribution in [0.25, 0.3) is 0 Å². The SMILES string of the molecule is CC(C)(CCCO)CCCNC(=S)NCCCC(C)(C)CCCO. The Labute approximate surface area is 154 Å². The zero-order valence-electron chi connectivity index (χ0n) is 16.3. The molecule has 5 heteroatoms. The van der Waals surface area contributed by atoms with E-state index in [4.69, 9.17) is 22.4 Å². The van der Waals surface area contributed by atoms with Crippen molar-refractivity contribution in [3.8, 4) is 0 Å². The number of nitrogens with one attached hydrogen (secondary N) is 2. The quantitative estimate of drug-likeness (QED) is 0.281. The summed E-state index contributed by atoms with van der Waals surface area (Å²) >= 11 is 5.32. The third-order valence-corrected chi connectivity index (χ3v) is 4.94. The first-order valence-corrected chi connectivity index (χ1v) is 9.87. The molecule has 0 saturated carbocycles. The van der Waals surface area contributed by atoms with Crippen LogP contribution in [0.15, 0.2) is 0 Å². The Hall–Kier alpha value is -0.390. The van der Waals surface area contributed by atoms with Gasteiger partial charge in [-0.2, -0.15) is 0 Å². The predicted octanol–water partition coefficient (Wildman–Crippen LogP) is 3.61. The van der Waals surface area contributed by atoms with Crippen LogP contribution in [-0.4, -0.2) is 41.6 Å². The van der Waals surface area contributed by atoms with E-state index < -0.39 is 0 Å². The Bertz CT molecular complexity index is 303. The second kappa shape index (κ2) is 12.9. The van der Waals surface area contributed by atoms with E-state index in [2.05, 4.69) is 38.3 Å². The van der Waals surface area contributed by atoms with Gasteiger partial charge >= 0.3 is 0 Å². The molecular formula is C19H40N2O2S. The number of rotatable bonds is 14. The molecule has 0 aliphatic heterocycles. The van der Waals surface area contributed by atoms with Crippen LogP contribution < -0.4 is 10.6 Å². The molecule has 0 atom stereocenters. The van der Waals surface area contributed by atoms with Crippen molar-refractivity contribution in [3.05, 3.63) is 0 Å². The van der Waals surface area contributed by atoms with Crippen LogP contribution >= 0.6 is 12.2 Å². The highest BCUT2D eigenvalue weighted by Gasteiger charge is 2.17. The zero-order chi connectivity index (χ0) is 18.5. The van der Waals surface area contributed by atoms with Crippen LogP contribution in [0.5, 0.6) is 0 Å². The van der Waals surface area contributed by atoms with E-state index in [0.717, 1.165) is 69.6 Å². The summed E-state index contributed by atoms with van der Waals surface area (Å²) in [4.78, 5) is 0. The highest BCUT2D eigenvalue weighted by molar-refractivity contribution is 7.80. The van der Waals surface area contributed by atoms with E-state index in [9.17, 15) is 0 Å². The van der Waals surface area contributed by atoms with Gasteiger partial charge in [-0.1, -0.05) is 27.7 Å². The Morgan fingerprint density at radius 3 is 1.38 bits per heavy atom. The summed E-state index contributed by atoms with van der Waals surface area (Å²) in [5.74, 6) is 0. The van der Waals surface area contributed by atoms with Gasteiger partial charge in [0.2, 0.25) is 0 Å². The molecule has 0 spiro atoms. The van der Waals surface area contributed by atoms with Gasteiger partial charge in [-0.25, -0.2) is 0 Å². The van der Waals surface area contributed by atoms with Crippen molar-refractivity contribution in [2.24, 2.45) is 10.8 Å². The van der Waals surface area contributed by atoms with Crippen molar-refractivity contribution in [1.29, 1.82) is 0 Å². The first-order valence-electron chi connectivity index (χ1n) is 9.46. The van der Waals surface area contributed by atoms with Gasteiger partial charge < -0.3 is 20.8 Å². The average molecular weight is 361 g/mol. The molecule has 4 N–H and O–H groups in total. The van der Waals surface area contributed by atoms with E-state index in [-0.39, 0.29) is 13.2 Å². The molecule has 24 heavy (non-hydrogen) atoms. The topological polar surface area (TPSA) is 64.5 Å². The predicted molar refractivity (Wildman–Crippen MR) is 107 cm³/mol. The molecule has 0 aliphatic carbocycles. The zero-order valence-corrected chi connectivity index (χ0v) is 17.1. The molecule has 0 heterocycles. The van der Waals surface area contributed by atoms with E-state index >= 15 is 0 Å². The number of aliphatic hydroxyl groups is 2. The summed E-state index contributed by atoms with van der Waals surface area (Å²) in [5.41, 5.74) is 0.583. The number of hydrogen-bond donors (Lipinski definition) is 4. The maximum Gasteiger partial charge on any atom is 0.166 e. The fraction of sp³-hybridized carbons (Fsp3) is 0.947. The summed E-state index contributed by atoms with van der Waals surface area (Å²) in [5, 5.41) is 25.2. The van der Waals surface area contributed by atoms with Crippen molar-refractivity contribution in [2.75, 3.05) is 26.3 Å². The third kappa shape index (κ3) is 14.0. The van der Waals surface area contributed by atoms with Gasteiger partial charge in [0.05, 0.1) is 0 Å². The molecule has 0 aromatic heterocycles. The minimum Gasteiger partial charge on any atom is -0.396 e. The normalized spacial score (nSPS) is 12.2. The lowest BCUT2D eigenvalue weighted by Gasteiger charge is -2.25. The average Bonchev–Trinajstić information content (AvgIpc) is 2.52. The minimum atomic E-state index is 0.284. The Morgan fingerprint density at radius 1 is 0.708 bits per heavy atom. The van der Waals surface area contributed by atoms with Gasteiger partial charge in [0.25, 0.3) is 0 Å². The lowest BCUT2D eigenvalue weighted by molar-refractivity contribution is 0.229. The lowest BCUT2D eigenvalue weighted by Crippen LogP contribution is -2.36. The van der Waals surface area contributed by atoms with Crippen LogP contribution in [0.3, 0.4) is 0 Å². The van der Waals surface area contributed by atoms with Crippen molar-refractivity contribution >= 4 is 17.3 Å². The number of aliphatic hydroxyl groups excluding tert-OH is 2. The summed E-state index contributed by atoms with van der Waals surface area (Å²) in [7, 11) is 0. The van der Waals surface area contributed by atoms with Gasteiger partial charge in [-0.3, -0.25) is 0 Å².